The predicted molar refractivity (Wildman–Crippen MR) is 72.5 cm³/mol. The van der Waals surface area contributed by atoms with Crippen LogP contribution in [0.2, 0.25) is 0 Å². The lowest BCUT2D eigenvalue weighted by atomic mass is 10.2. The summed E-state index contributed by atoms with van der Waals surface area (Å²) in [5.74, 6) is 1.23. The summed E-state index contributed by atoms with van der Waals surface area (Å²) in [5.41, 5.74) is 0.197. The van der Waals surface area contributed by atoms with Gasteiger partial charge in [0.1, 0.15) is 17.2 Å². The fourth-order valence-electron chi connectivity index (χ4n) is 2.01. The van der Waals surface area contributed by atoms with Crippen molar-refractivity contribution < 1.29 is 9.90 Å². The molecule has 1 aliphatic heterocycles. The number of nitrogens with zero attached hydrogens (tertiary/aromatic N) is 3. The molecular formula is C12H17N3O2S. The lowest BCUT2D eigenvalue weighted by molar-refractivity contribution is 0.0696. The molecule has 0 bridgehead atoms. The summed E-state index contributed by atoms with van der Waals surface area (Å²) in [7, 11) is 0. The number of anilines is 1. The van der Waals surface area contributed by atoms with Crippen molar-refractivity contribution in [2.75, 3.05) is 23.7 Å². The van der Waals surface area contributed by atoms with Gasteiger partial charge in [-0.1, -0.05) is 6.92 Å². The van der Waals surface area contributed by atoms with E-state index in [2.05, 4.69) is 21.8 Å². The summed E-state index contributed by atoms with van der Waals surface area (Å²) < 4.78 is 0. The highest BCUT2D eigenvalue weighted by Gasteiger charge is 2.24. The van der Waals surface area contributed by atoms with E-state index >= 15 is 0 Å². The number of aryl methyl sites for hydroxylation is 1. The van der Waals surface area contributed by atoms with Crippen LogP contribution in [0.5, 0.6) is 0 Å². The maximum atomic E-state index is 11.2. The molecule has 18 heavy (non-hydrogen) atoms. The molecule has 1 fully saturated rings. The molecule has 1 saturated heterocycles. The van der Waals surface area contributed by atoms with Crippen molar-refractivity contribution in [3.63, 3.8) is 0 Å². The van der Waals surface area contributed by atoms with Crippen LogP contribution in [0.1, 0.15) is 29.5 Å². The Hall–Kier alpha value is -1.30. The van der Waals surface area contributed by atoms with Crippen molar-refractivity contribution in [2.24, 2.45) is 0 Å². The van der Waals surface area contributed by atoms with Crippen molar-refractivity contribution in [1.29, 1.82) is 0 Å². The molecule has 0 aliphatic carbocycles. The first kappa shape index (κ1) is 13.1. The number of rotatable bonds is 3. The van der Waals surface area contributed by atoms with Gasteiger partial charge in [0.25, 0.3) is 0 Å². The molecule has 1 atom stereocenters. The van der Waals surface area contributed by atoms with E-state index in [1.807, 2.05) is 11.8 Å². The van der Waals surface area contributed by atoms with Gasteiger partial charge in [0, 0.05) is 30.3 Å². The Morgan fingerprint density at radius 1 is 1.67 bits per heavy atom. The molecule has 1 aromatic rings. The molecule has 0 radical (unpaired) electrons. The largest absolute Gasteiger partial charge is 0.477 e. The Bertz CT molecular complexity index is 453. The average molecular weight is 267 g/mol. The minimum Gasteiger partial charge on any atom is -0.477 e. The molecule has 1 N–H and O–H groups in total. The zero-order valence-corrected chi connectivity index (χ0v) is 11.4. The standard InChI is InChI=1S/C12H17N3O2S/c1-3-9-7-15(4-5-18-9)11-10(12(16)17)6-13-8(2)14-11/h6,9H,3-5,7H2,1-2H3,(H,16,17). The van der Waals surface area contributed by atoms with E-state index in [0.717, 1.165) is 25.3 Å². The topological polar surface area (TPSA) is 66.3 Å². The molecule has 0 aromatic carbocycles. The Morgan fingerprint density at radius 3 is 3.11 bits per heavy atom. The normalized spacial score (nSPS) is 19.9. The molecule has 6 heteroatoms. The third-order valence-electron chi connectivity index (χ3n) is 3.01. The first-order valence-corrected chi connectivity index (χ1v) is 7.10. The van der Waals surface area contributed by atoms with Crippen LogP contribution in [0.3, 0.4) is 0 Å². The van der Waals surface area contributed by atoms with E-state index in [4.69, 9.17) is 0 Å². The third-order valence-corrected chi connectivity index (χ3v) is 4.39. The van der Waals surface area contributed by atoms with E-state index in [1.165, 1.54) is 6.20 Å². The number of thioether (sulfide) groups is 1. The van der Waals surface area contributed by atoms with Crippen molar-refractivity contribution in [3.8, 4) is 0 Å². The first-order valence-electron chi connectivity index (χ1n) is 6.05. The summed E-state index contributed by atoms with van der Waals surface area (Å²) in [4.78, 5) is 21.6. The fourth-order valence-corrected chi connectivity index (χ4v) is 3.19. The average Bonchev–Trinajstić information content (AvgIpc) is 2.38. The van der Waals surface area contributed by atoms with E-state index in [-0.39, 0.29) is 5.56 Å². The second kappa shape index (κ2) is 5.56. The van der Waals surface area contributed by atoms with Crippen LogP contribution < -0.4 is 4.90 Å². The van der Waals surface area contributed by atoms with Gasteiger partial charge in [-0.05, 0) is 13.3 Å². The monoisotopic (exact) mass is 267 g/mol. The van der Waals surface area contributed by atoms with Gasteiger partial charge in [0.05, 0.1) is 0 Å². The van der Waals surface area contributed by atoms with Gasteiger partial charge in [-0.3, -0.25) is 0 Å². The number of carbonyl (C=O) groups is 1. The molecule has 98 valence electrons. The summed E-state index contributed by atoms with van der Waals surface area (Å²) in [6.45, 7) is 5.64. The van der Waals surface area contributed by atoms with Gasteiger partial charge in [-0.25, -0.2) is 14.8 Å². The zero-order valence-electron chi connectivity index (χ0n) is 10.6. The van der Waals surface area contributed by atoms with E-state index < -0.39 is 5.97 Å². The zero-order chi connectivity index (χ0) is 13.1. The minimum atomic E-state index is -0.962. The lowest BCUT2D eigenvalue weighted by Gasteiger charge is -2.33. The Labute approximate surface area is 111 Å². The second-order valence-corrected chi connectivity index (χ2v) is 5.71. The fraction of sp³-hybridized carbons (Fsp3) is 0.583. The number of carboxylic acid groups (broad SMARTS) is 1. The molecule has 0 amide bonds. The van der Waals surface area contributed by atoms with E-state index in [0.29, 0.717) is 16.9 Å². The SMILES string of the molecule is CCC1CN(c2nc(C)ncc2C(=O)O)CCS1. The van der Waals surface area contributed by atoms with Crippen LogP contribution in [-0.2, 0) is 0 Å². The smallest absolute Gasteiger partial charge is 0.341 e. The van der Waals surface area contributed by atoms with E-state index in [1.54, 1.807) is 6.92 Å². The van der Waals surface area contributed by atoms with Gasteiger partial charge in [-0.2, -0.15) is 11.8 Å². The van der Waals surface area contributed by atoms with Crippen LogP contribution in [0, 0.1) is 6.92 Å². The Morgan fingerprint density at radius 2 is 2.44 bits per heavy atom. The maximum absolute atomic E-state index is 11.2. The van der Waals surface area contributed by atoms with Crippen LogP contribution >= 0.6 is 11.8 Å². The van der Waals surface area contributed by atoms with Crippen molar-refractivity contribution >= 4 is 23.5 Å². The Kier molecular flexibility index (Phi) is 4.06. The maximum Gasteiger partial charge on any atom is 0.341 e. The lowest BCUT2D eigenvalue weighted by Crippen LogP contribution is -2.39. The summed E-state index contributed by atoms with van der Waals surface area (Å²) in [6, 6.07) is 0. The molecule has 0 spiro atoms. The van der Waals surface area contributed by atoms with Crippen molar-refractivity contribution in [2.45, 2.75) is 25.5 Å². The van der Waals surface area contributed by atoms with Gasteiger partial charge < -0.3 is 10.0 Å². The van der Waals surface area contributed by atoms with Gasteiger partial charge in [0.2, 0.25) is 0 Å². The van der Waals surface area contributed by atoms with Gasteiger partial charge >= 0.3 is 5.97 Å². The van der Waals surface area contributed by atoms with Crippen molar-refractivity contribution in [3.05, 3.63) is 17.6 Å². The molecule has 0 saturated carbocycles. The molecule has 2 rings (SSSR count). The molecule has 1 aromatic heterocycles. The number of aromatic carboxylic acids is 1. The van der Waals surface area contributed by atoms with Crippen LogP contribution in [0.15, 0.2) is 6.20 Å². The summed E-state index contributed by atoms with van der Waals surface area (Å²) in [6.07, 6.45) is 2.50. The summed E-state index contributed by atoms with van der Waals surface area (Å²) in [5, 5.41) is 9.75. The number of hydrogen-bond acceptors (Lipinski definition) is 5. The first-order chi connectivity index (χ1) is 8.61. The van der Waals surface area contributed by atoms with Crippen LogP contribution in [0.25, 0.3) is 0 Å². The van der Waals surface area contributed by atoms with Crippen LogP contribution in [0.4, 0.5) is 5.82 Å². The van der Waals surface area contributed by atoms with Crippen LogP contribution in [-0.4, -0.2) is 45.1 Å². The van der Waals surface area contributed by atoms with E-state index in [9.17, 15) is 9.90 Å². The second-order valence-electron chi connectivity index (χ2n) is 4.31. The number of hydrogen-bond donors (Lipinski definition) is 1. The molecule has 1 unspecified atom stereocenters. The molecule has 2 heterocycles. The highest BCUT2D eigenvalue weighted by Crippen LogP contribution is 2.26. The predicted octanol–water partition coefficient (Wildman–Crippen LogP) is 1.82. The quantitative estimate of drug-likeness (QED) is 0.901. The third kappa shape index (κ3) is 2.75. The highest BCUT2D eigenvalue weighted by molar-refractivity contribution is 8.00. The molecule has 5 nitrogen and oxygen atoms in total. The molecule has 1 aliphatic rings. The van der Waals surface area contributed by atoms with Gasteiger partial charge in [0.15, 0.2) is 0 Å². The Balaban J connectivity index is 2.31. The highest BCUT2D eigenvalue weighted by atomic mass is 32.2. The minimum absolute atomic E-state index is 0.197. The number of carboxylic acids is 1. The summed E-state index contributed by atoms with van der Waals surface area (Å²) >= 11 is 1.95. The van der Waals surface area contributed by atoms with Gasteiger partial charge in [-0.15, -0.1) is 0 Å². The van der Waals surface area contributed by atoms with Crippen molar-refractivity contribution in [1.82, 2.24) is 9.97 Å². The molecular weight excluding hydrogens is 250 g/mol. The number of aromatic nitrogens is 2.